The molecule has 0 aliphatic carbocycles. The second kappa shape index (κ2) is 6.94. The van der Waals surface area contributed by atoms with Gasteiger partial charge in [-0.3, -0.25) is 9.69 Å². The maximum atomic E-state index is 11.2. The lowest BCUT2D eigenvalue weighted by molar-refractivity contribution is -0.144. The first-order valence-corrected chi connectivity index (χ1v) is 7.64. The maximum absolute atomic E-state index is 11.2. The highest BCUT2D eigenvalue weighted by atomic mass is 16.5. The molecule has 2 rings (SSSR count). The first-order chi connectivity index (χ1) is 9.94. The third kappa shape index (κ3) is 4.74. The fraction of sp³-hybridized carbons (Fsp3) is 0.588. The molecule has 1 aliphatic heterocycles. The Hall–Kier alpha value is -1.55. The highest BCUT2D eigenvalue weighted by Gasteiger charge is 2.29. The van der Waals surface area contributed by atoms with Gasteiger partial charge in [0.05, 0.1) is 12.0 Å². The van der Waals surface area contributed by atoms with Crippen molar-refractivity contribution >= 4 is 5.97 Å². The third-order valence-electron chi connectivity index (χ3n) is 3.76. The number of carboxylic acids is 1. The van der Waals surface area contributed by atoms with Crippen LogP contribution in [0, 0.1) is 11.8 Å². The molecule has 1 aromatic rings. The predicted octanol–water partition coefficient (Wildman–Crippen LogP) is 3.02. The number of carbonyl (C=O) groups is 1. The summed E-state index contributed by atoms with van der Waals surface area (Å²) in [5, 5.41) is 9.24. The van der Waals surface area contributed by atoms with Gasteiger partial charge in [0.1, 0.15) is 5.75 Å². The second-order valence-electron chi connectivity index (χ2n) is 6.38. The van der Waals surface area contributed by atoms with Crippen LogP contribution in [0.2, 0.25) is 0 Å². The molecule has 0 radical (unpaired) electrons. The summed E-state index contributed by atoms with van der Waals surface area (Å²) in [5.41, 5.74) is 1.17. The summed E-state index contributed by atoms with van der Waals surface area (Å²) in [4.78, 5) is 13.5. The molecule has 1 fully saturated rings. The number of hydrogen-bond acceptors (Lipinski definition) is 3. The number of nitrogens with zero attached hydrogens (tertiary/aromatic N) is 1. The van der Waals surface area contributed by atoms with Crippen molar-refractivity contribution in [1.82, 2.24) is 4.90 Å². The van der Waals surface area contributed by atoms with Gasteiger partial charge in [0.15, 0.2) is 0 Å². The smallest absolute Gasteiger partial charge is 0.307 e. The summed E-state index contributed by atoms with van der Waals surface area (Å²) in [5.74, 6) is 0.379. The highest BCUT2D eigenvalue weighted by molar-refractivity contribution is 5.70. The van der Waals surface area contributed by atoms with Crippen LogP contribution < -0.4 is 4.74 Å². The normalized spacial score (nSPS) is 23.2. The van der Waals surface area contributed by atoms with Gasteiger partial charge in [-0.25, -0.2) is 0 Å². The second-order valence-corrected chi connectivity index (χ2v) is 6.38. The van der Waals surface area contributed by atoms with E-state index in [9.17, 15) is 9.90 Å². The number of rotatable bonds is 5. The van der Waals surface area contributed by atoms with Crippen molar-refractivity contribution in [2.45, 2.75) is 39.8 Å². The monoisotopic (exact) mass is 291 g/mol. The van der Waals surface area contributed by atoms with Gasteiger partial charge in [-0.2, -0.15) is 0 Å². The van der Waals surface area contributed by atoms with E-state index in [0.29, 0.717) is 12.5 Å². The molecule has 4 nitrogen and oxygen atoms in total. The number of carboxylic acid groups (broad SMARTS) is 1. The number of piperidine rings is 1. The van der Waals surface area contributed by atoms with Crippen LogP contribution in [0.5, 0.6) is 5.75 Å². The zero-order valence-corrected chi connectivity index (χ0v) is 13.1. The number of ether oxygens (including phenoxy) is 1. The van der Waals surface area contributed by atoms with E-state index < -0.39 is 5.97 Å². The molecule has 0 amide bonds. The van der Waals surface area contributed by atoms with E-state index in [1.807, 2.05) is 26.0 Å². The third-order valence-corrected chi connectivity index (χ3v) is 3.76. The van der Waals surface area contributed by atoms with Crippen LogP contribution in [-0.2, 0) is 11.3 Å². The van der Waals surface area contributed by atoms with Crippen molar-refractivity contribution in [3.8, 4) is 5.75 Å². The van der Waals surface area contributed by atoms with Crippen LogP contribution in [0.1, 0.15) is 32.8 Å². The highest BCUT2D eigenvalue weighted by Crippen LogP contribution is 2.24. The van der Waals surface area contributed by atoms with E-state index in [4.69, 9.17) is 4.74 Å². The van der Waals surface area contributed by atoms with Gasteiger partial charge < -0.3 is 9.84 Å². The molecule has 1 N–H and O–H groups in total. The summed E-state index contributed by atoms with van der Waals surface area (Å²) in [6.07, 6.45) is 0.939. The van der Waals surface area contributed by atoms with Crippen LogP contribution in [-0.4, -0.2) is 35.2 Å². The summed E-state index contributed by atoms with van der Waals surface area (Å²) in [7, 11) is 0. The Kier molecular flexibility index (Phi) is 5.23. The Balaban J connectivity index is 2.01. The van der Waals surface area contributed by atoms with Gasteiger partial charge in [-0.05, 0) is 43.9 Å². The predicted molar refractivity (Wildman–Crippen MR) is 82.4 cm³/mol. The summed E-state index contributed by atoms with van der Waals surface area (Å²) >= 11 is 0. The fourth-order valence-corrected chi connectivity index (χ4v) is 3.02. The average Bonchev–Trinajstić information content (AvgIpc) is 2.37. The Morgan fingerprint density at radius 1 is 1.43 bits per heavy atom. The van der Waals surface area contributed by atoms with Gasteiger partial charge in [-0.1, -0.05) is 19.1 Å². The molecule has 1 aliphatic rings. The molecule has 2 atom stereocenters. The van der Waals surface area contributed by atoms with Gasteiger partial charge in [0, 0.05) is 19.6 Å². The van der Waals surface area contributed by atoms with E-state index in [2.05, 4.69) is 24.0 Å². The van der Waals surface area contributed by atoms with E-state index in [1.165, 1.54) is 5.56 Å². The molecule has 1 saturated heterocycles. The number of likely N-dealkylation sites (tertiary alicyclic amines) is 1. The Morgan fingerprint density at radius 2 is 2.19 bits per heavy atom. The van der Waals surface area contributed by atoms with Gasteiger partial charge in [-0.15, -0.1) is 0 Å². The zero-order chi connectivity index (χ0) is 15.4. The molecular weight excluding hydrogens is 266 g/mol. The molecule has 0 aromatic heterocycles. The van der Waals surface area contributed by atoms with E-state index >= 15 is 0 Å². The Morgan fingerprint density at radius 3 is 2.86 bits per heavy atom. The molecule has 2 unspecified atom stereocenters. The molecule has 4 heteroatoms. The first kappa shape index (κ1) is 15.8. The summed E-state index contributed by atoms with van der Waals surface area (Å²) in [6.45, 7) is 8.52. The lowest BCUT2D eigenvalue weighted by atomic mass is 9.90. The minimum Gasteiger partial charge on any atom is -0.491 e. The van der Waals surface area contributed by atoms with Crippen LogP contribution in [0.25, 0.3) is 0 Å². The summed E-state index contributed by atoms with van der Waals surface area (Å²) < 4.78 is 5.71. The van der Waals surface area contributed by atoms with Crippen molar-refractivity contribution in [3.63, 3.8) is 0 Å². The van der Waals surface area contributed by atoms with Crippen molar-refractivity contribution in [1.29, 1.82) is 0 Å². The standard InChI is InChI=1S/C17H25NO3/c1-12(2)21-16-6-4-5-14(8-16)10-18-9-13(3)7-15(11-18)17(19)20/h4-6,8,12-13,15H,7,9-11H2,1-3H3,(H,19,20). The number of aliphatic carboxylic acids is 1. The van der Waals surface area contributed by atoms with Crippen LogP contribution in [0.4, 0.5) is 0 Å². The van der Waals surface area contributed by atoms with E-state index in [0.717, 1.165) is 25.3 Å². The molecule has 0 saturated carbocycles. The minimum absolute atomic E-state index is 0.159. The van der Waals surface area contributed by atoms with Crippen LogP contribution in [0.3, 0.4) is 0 Å². The molecule has 0 spiro atoms. The minimum atomic E-state index is -0.677. The van der Waals surface area contributed by atoms with Crippen molar-refractivity contribution < 1.29 is 14.6 Å². The Bertz CT molecular complexity index is 487. The first-order valence-electron chi connectivity index (χ1n) is 7.64. The number of benzene rings is 1. The summed E-state index contributed by atoms with van der Waals surface area (Å²) in [6, 6.07) is 8.08. The average molecular weight is 291 g/mol. The molecular formula is C17H25NO3. The van der Waals surface area contributed by atoms with Crippen molar-refractivity contribution in [2.24, 2.45) is 11.8 Å². The SMILES string of the molecule is CC1CC(C(=O)O)CN(Cc2cccc(OC(C)C)c2)C1. The van der Waals surface area contributed by atoms with E-state index in [1.54, 1.807) is 0 Å². The van der Waals surface area contributed by atoms with Gasteiger partial charge in [0.2, 0.25) is 0 Å². The van der Waals surface area contributed by atoms with Crippen molar-refractivity contribution in [3.05, 3.63) is 29.8 Å². The maximum Gasteiger partial charge on any atom is 0.307 e. The molecule has 21 heavy (non-hydrogen) atoms. The van der Waals surface area contributed by atoms with Gasteiger partial charge >= 0.3 is 5.97 Å². The fourth-order valence-electron chi connectivity index (χ4n) is 3.02. The van der Waals surface area contributed by atoms with Crippen LogP contribution in [0.15, 0.2) is 24.3 Å². The quantitative estimate of drug-likeness (QED) is 0.906. The zero-order valence-electron chi connectivity index (χ0n) is 13.1. The van der Waals surface area contributed by atoms with Crippen molar-refractivity contribution in [2.75, 3.05) is 13.1 Å². The number of hydrogen-bond donors (Lipinski definition) is 1. The van der Waals surface area contributed by atoms with Crippen LogP contribution >= 0.6 is 0 Å². The van der Waals surface area contributed by atoms with E-state index in [-0.39, 0.29) is 12.0 Å². The van der Waals surface area contributed by atoms with Gasteiger partial charge in [0.25, 0.3) is 0 Å². The topological polar surface area (TPSA) is 49.8 Å². The molecule has 0 bridgehead atoms. The lowest BCUT2D eigenvalue weighted by Gasteiger charge is -2.34. The largest absolute Gasteiger partial charge is 0.491 e. The lowest BCUT2D eigenvalue weighted by Crippen LogP contribution is -2.41. The molecule has 1 aromatic carbocycles. The molecule has 1 heterocycles. The molecule has 116 valence electrons. The Labute approximate surface area is 126 Å².